The van der Waals surface area contributed by atoms with Crippen LogP contribution in [0.1, 0.15) is 30.9 Å². The van der Waals surface area contributed by atoms with Gasteiger partial charge < -0.3 is 9.80 Å². The lowest BCUT2D eigenvalue weighted by atomic mass is 10.0. The van der Waals surface area contributed by atoms with Crippen molar-refractivity contribution in [1.82, 2.24) is 9.80 Å². The molecule has 0 spiro atoms. The Balaban J connectivity index is 2.15. The van der Waals surface area contributed by atoms with Crippen molar-refractivity contribution < 1.29 is 18.0 Å². The standard InChI is InChI=1S/C23H29F3N2O/c1-4-6-9-19(5-2)21(17-28-14-7-8-15-28)27(3)22(29)16-18-10-12-20(13-11-18)23(24,25)26/h4-6,9-13,21H,1,7-8,14-17H2,2-3H3/b9-6-,19-5+/t21-/m1/s1. The Morgan fingerprint density at radius 1 is 1.24 bits per heavy atom. The van der Waals surface area contributed by atoms with Gasteiger partial charge in [0.25, 0.3) is 0 Å². The molecule has 0 saturated carbocycles. The van der Waals surface area contributed by atoms with Crippen LogP contribution in [0.5, 0.6) is 0 Å². The molecule has 29 heavy (non-hydrogen) atoms. The number of amides is 1. The quantitative estimate of drug-likeness (QED) is 0.576. The van der Waals surface area contributed by atoms with E-state index in [0.717, 1.165) is 50.2 Å². The molecule has 0 aromatic heterocycles. The first-order valence-corrected chi connectivity index (χ1v) is 9.85. The van der Waals surface area contributed by atoms with Crippen molar-refractivity contribution in [2.24, 2.45) is 0 Å². The number of hydrogen-bond donors (Lipinski definition) is 0. The van der Waals surface area contributed by atoms with Crippen LogP contribution in [0.3, 0.4) is 0 Å². The highest BCUT2D eigenvalue weighted by Crippen LogP contribution is 2.29. The van der Waals surface area contributed by atoms with Gasteiger partial charge in [0.1, 0.15) is 0 Å². The number of carbonyl (C=O) groups is 1. The molecule has 3 nitrogen and oxygen atoms in total. The Kier molecular flexibility index (Phi) is 8.26. The largest absolute Gasteiger partial charge is 0.416 e. The molecule has 1 aromatic carbocycles. The predicted molar refractivity (Wildman–Crippen MR) is 110 cm³/mol. The molecule has 158 valence electrons. The van der Waals surface area contributed by atoms with E-state index >= 15 is 0 Å². The van der Waals surface area contributed by atoms with Gasteiger partial charge in [0, 0.05) is 13.6 Å². The zero-order valence-electron chi connectivity index (χ0n) is 17.1. The molecule has 6 heteroatoms. The smallest absolute Gasteiger partial charge is 0.337 e. The summed E-state index contributed by atoms with van der Waals surface area (Å²) in [7, 11) is 1.76. The van der Waals surface area contributed by atoms with E-state index in [9.17, 15) is 18.0 Å². The molecule has 0 bridgehead atoms. The minimum Gasteiger partial charge on any atom is -0.337 e. The van der Waals surface area contributed by atoms with Crippen molar-refractivity contribution in [1.29, 1.82) is 0 Å². The minimum atomic E-state index is -4.38. The molecular weight excluding hydrogens is 377 g/mol. The van der Waals surface area contributed by atoms with E-state index in [1.807, 2.05) is 25.2 Å². The van der Waals surface area contributed by atoms with E-state index in [2.05, 4.69) is 11.5 Å². The van der Waals surface area contributed by atoms with Crippen LogP contribution in [0, 0.1) is 0 Å². The van der Waals surface area contributed by atoms with Crippen LogP contribution in [0.15, 0.2) is 60.7 Å². The second-order valence-corrected chi connectivity index (χ2v) is 7.28. The van der Waals surface area contributed by atoms with E-state index < -0.39 is 11.7 Å². The van der Waals surface area contributed by atoms with Crippen molar-refractivity contribution in [2.75, 3.05) is 26.7 Å². The fraction of sp³-hybridized carbons (Fsp3) is 0.435. The first kappa shape index (κ1) is 22.9. The maximum absolute atomic E-state index is 12.9. The molecule has 1 fully saturated rings. The van der Waals surface area contributed by atoms with E-state index in [0.29, 0.717) is 5.56 Å². The second kappa shape index (κ2) is 10.4. The second-order valence-electron chi connectivity index (χ2n) is 7.28. The number of benzene rings is 1. The summed E-state index contributed by atoms with van der Waals surface area (Å²) in [5, 5.41) is 0. The summed E-state index contributed by atoms with van der Waals surface area (Å²) in [6.07, 6.45) is 5.48. The Morgan fingerprint density at radius 2 is 1.86 bits per heavy atom. The highest BCUT2D eigenvalue weighted by Gasteiger charge is 2.30. The number of hydrogen-bond acceptors (Lipinski definition) is 2. The summed E-state index contributed by atoms with van der Waals surface area (Å²) < 4.78 is 38.2. The lowest BCUT2D eigenvalue weighted by molar-refractivity contribution is -0.137. The summed E-state index contributed by atoms with van der Waals surface area (Å²) in [5.41, 5.74) is 0.873. The van der Waals surface area contributed by atoms with E-state index in [1.54, 1.807) is 18.0 Å². The number of nitrogens with zero attached hydrogens (tertiary/aromatic N) is 2. The summed E-state index contributed by atoms with van der Waals surface area (Å²) in [4.78, 5) is 17.0. The lowest BCUT2D eigenvalue weighted by Gasteiger charge is -2.33. The minimum absolute atomic E-state index is 0.0628. The van der Waals surface area contributed by atoms with Gasteiger partial charge in [0.2, 0.25) is 5.91 Å². The molecule has 1 heterocycles. The number of likely N-dealkylation sites (N-methyl/N-ethyl adjacent to an activating group) is 1. The van der Waals surface area contributed by atoms with Gasteiger partial charge in [0.05, 0.1) is 18.0 Å². The van der Waals surface area contributed by atoms with Crippen molar-refractivity contribution in [3.05, 3.63) is 71.8 Å². The summed E-state index contributed by atoms with van der Waals surface area (Å²) in [6, 6.07) is 4.66. The van der Waals surface area contributed by atoms with Gasteiger partial charge >= 0.3 is 6.18 Å². The molecule has 0 aliphatic carbocycles. The Hall–Kier alpha value is -2.34. The highest BCUT2D eigenvalue weighted by atomic mass is 19.4. The van der Waals surface area contributed by atoms with Gasteiger partial charge in [-0.2, -0.15) is 13.2 Å². The number of halogens is 3. The highest BCUT2D eigenvalue weighted by molar-refractivity contribution is 5.79. The van der Waals surface area contributed by atoms with Gasteiger partial charge in [-0.3, -0.25) is 4.79 Å². The molecule has 0 radical (unpaired) electrons. The van der Waals surface area contributed by atoms with Crippen molar-refractivity contribution in [2.45, 2.75) is 38.4 Å². The normalized spacial score (nSPS) is 16.9. The Morgan fingerprint density at radius 3 is 2.38 bits per heavy atom. The SMILES string of the molecule is C=C/C=C\C(=C/C)[C@@H](CN1CCCC1)N(C)C(=O)Cc1ccc(C(F)(F)F)cc1. The molecule has 1 atom stereocenters. The topological polar surface area (TPSA) is 23.6 Å². The van der Waals surface area contributed by atoms with Crippen LogP contribution in [0.4, 0.5) is 13.2 Å². The molecule has 0 unspecified atom stereocenters. The van der Waals surface area contributed by atoms with Crippen molar-refractivity contribution in [3.63, 3.8) is 0 Å². The summed E-state index contributed by atoms with van der Waals surface area (Å²) in [5.74, 6) is -0.125. The molecule has 1 amide bonds. The number of allylic oxidation sites excluding steroid dienone is 3. The van der Waals surface area contributed by atoms with E-state index in [1.165, 1.54) is 12.1 Å². The fourth-order valence-corrected chi connectivity index (χ4v) is 3.52. The molecule has 1 saturated heterocycles. The number of alkyl halides is 3. The van der Waals surface area contributed by atoms with E-state index in [4.69, 9.17) is 0 Å². The number of rotatable bonds is 8. The monoisotopic (exact) mass is 406 g/mol. The van der Waals surface area contributed by atoms with Gasteiger partial charge in [-0.15, -0.1) is 0 Å². The molecule has 2 rings (SSSR count). The molecule has 0 N–H and O–H groups in total. The first-order chi connectivity index (χ1) is 13.8. The predicted octanol–water partition coefficient (Wildman–Crippen LogP) is 4.86. The van der Waals surface area contributed by atoms with Crippen LogP contribution in [0.25, 0.3) is 0 Å². The number of likely N-dealkylation sites (tertiary alicyclic amines) is 1. The van der Waals surface area contributed by atoms with Crippen molar-refractivity contribution in [3.8, 4) is 0 Å². The molecule has 1 aliphatic heterocycles. The zero-order valence-corrected chi connectivity index (χ0v) is 17.1. The third-order valence-electron chi connectivity index (χ3n) is 5.27. The molecular formula is C23H29F3N2O. The Bertz CT molecular complexity index is 744. The van der Waals surface area contributed by atoms with Crippen LogP contribution >= 0.6 is 0 Å². The van der Waals surface area contributed by atoms with Gasteiger partial charge in [0.15, 0.2) is 0 Å². The Labute approximate surface area is 171 Å². The van der Waals surface area contributed by atoms with Gasteiger partial charge in [-0.1, -0.05) is 43.0 Å². The van der Waals surface area contributed by atoms with Gasteiger partial charge in [-0.25, -0.2) is 0 Å². The third-order valence-corrected chi connectivity index (χ3v) is 5.27. The molecule has 1 aromatic rings. The van der Waals surface area contributed by atoms with Crippen LogP contribution in [-0.4, -0.2) is 48.4 Å². The lowest BCUT2D eigenvalue weighted by Crippen LogP contribution is -2.45. The van der Waals surface area contributed by atoms with E-state index in [-0.39, 0.29) is 18.4 Å². The maximum Gasteiger partial charge on any atom is 0.416 e. The summed E-state index contributed by atoms with van der Waals surface area (Å²) >= 11 is 0. The van der Waals surface area contributed by atoms with Crippen LogP contribution in [0.2, 0.25) is 0 Å². The zero-order chi connectivity index (χ0) is 21.4. The average molecular weight is 406 g/mol. The third kappa shape index (κ3) is 6.60. The van der Waals surface area contributed by atoms with Crippen LogP contribution < -0.4 is 0 Å². The van der Waals surface area contributed by atoms with Crippen LogP contribution in [-0.2, 0) is 17.4 Å². The molecule has 1 aliphatic rings. The maximum atomic E-state index is 12.9. The first-order valence-electron chi connectivity index (χ1n) is 9.85. The van der Waals surface area contributed by atoms with Crippen molar-refractivity contribution >= 4 is 5.91 Å². The van der Waals surface area contributed by atoms with Gasteiger partial charge in [-0.05, 0) is 56.1 Å². The fourth-order valence-electron chi connectivity index (χ4n) is 3.52. The summed E-state index contributed by atoms with van der Waals surface area (Å²) in [6.45, 7) is 8.40. The number of carbonyl (C=O) groups excluding carboxylic acids is 1. The average Bonchev–Trinajstić information content (AvgIpc) is 3.20.